The first kappa shape index (κ1) is 20.5. The van der Waals surface area contributed by atoms with Gasteiger partial charge in [0.15, 0.2) is 0 Å². The van der Waals surface area contributed by atoms with E-state index in [2.05, 4.69) is 0 Å². The average Bonchev–Trinajstić information content (AvgIpc) is 2.80. The zero-order valence-electron chi connectivity index (χ0n) is 16.2. The molecule has 2 fully saturated rings. The number of rotatable bonds is 4. The zero-order chi connectivity index (χ0) is 19.9. The van der Waals surface area contributed by atoms with Gasteiger partial charge in [-0.15, -0.1) is 0 Å². The predicted molar refractivity (Wildman–Crippen MR) is 96.2 cm³/mol. The second kappa shape index (κ2) is 7.30. The molecular formula is C19H26BF3O4. The van der Waals surface area contributed by atoms with Crippen LogP contribution < -0.4 is 10.2 Å². The highest BCUT2D eigenvalue weighted by Crippen LogP contribution is 2.38. The first-order chi connectivity index (χ1) is 12.5. The molecule has 0 N–H and O–H groups in total. The fourth-order valence-corrected chi connectivity index (χ4v) is 3.13. The van der Waals surface area contributed by atoms with Gasteiger partial charge in [0.25, 0.3) is 0 Å². The smallest absolute Gasteiger partial charge is 0.494 e. The summed E-state index contributed by atoms with van der Waals surface area (Å²) in [7, 11) is -0.915. The highest BCUT2D eigenvalue weighted by atomic mass is 19.4. The quantitative estimate of drug-likeness (QED) is 0.738. The lowest BCUT2D eigenvalue weighted by atomic mass is 9.77. The van der Waals surface area contributed by atoms with E-state index in [9.17, 15) is 13.2 Å². The van der Waals surface area contributed by atoms with Crippen molar-refractivity contribution in [2.45, 2.75) is 57.9 Å². The first-order valence-electron chi connectivity index (χ1n) is 9.27. The molecule has 0 saturated carbocycles. The fraction of sp³-hybridized carbons (Fsp3) is 0.684. The minimum absolute atomic E-state index is 0.274. The number of ether oxygens (including phenoxy) is 2. The monoisotopic (exact) mass is 386 g/mol. The van der Waals surface area contributed by atoms with E-state index in [0.29, 0.717) is 31.5 Å². The Bertz CT molecular complexity index is 653. The highest BCUT2D eigenvalue weighted by Gasteiger charge is 2.53. The molecule has 1 aromatic rings. The van der Waals surface area contributed by atoms with Crippen molar-refractivity contribution in [2.24, 2.45) is 5.92 Å². The van der Waals surface area contributed by atoms with Gasteiger partial charge in [0.2, 0.25) is 0 Å². The number of hydrogen-bond acceptors (Lipinski definition) is 4. The third-order valence-corrected chi connectivity index (χ3v) is 5.66. The number of hydrogen-bond donors (Lipinski definition) is 0. The van der Waals surface area contributed by atoms with Crippen molar-refractivity contribution in [2.75, 3.05) is 19.8 Å². The minimum atomic E-state index is -4.45. The Labute approximate surface area is 158 Å². The lowest BCUT2D eigenvalue weighted by Crippen LogP contribution is -2.41. The molecule has 150 valence electrons. The molecule has 2 aliphatic heterocycles. The van der Waals surface area contributed by atoms with Gasteiger partial charge < -0.3 is 18.8 Å². The van der Waals surface area contributed by atoms with E-state index in [1.807, 2.05) is 27.7 Å². The molecular weight excluding hydrogens is 360 g/mol. The van der Waals surface area contributed by atoms with Crippen LogP contribution in [0, 0.1) is 5.92 Å². The van der Waals surface area contributed by atoms with Crippen LogP contribution in [0.3, 0.4) is 0 Å². The molecule has 0 unspecified atom stereocenters. The van der Waals surface area contributed by atoms with Gasteiger partial charge in [0.1, 0.15) is 5.75 Å². The molecule has 1 aromatic carbocycles. The molecule has 8 heteroatoms. The lowest BCUT2D eigenvalue weighted by molar-refractivity contribution is -0.137. The molecule has 0 atom stereocenters. The van der Waals surface area contributed by atoms with Crippen LogP contribution in [0.4, 0.5) is 13.2 Å². The van der Waals surface area contributed by atoms with Gasteiger partial charge in [0.05, 0.1) is 23.4 Å². The molecule has 0 spiro atoms. The van der Waals surface area contributed by atoms with Gasteiger partial charge in [-0.25, -0.2) is 0 Å². The number of alkyl halides is 3. The van der Waals surface area contributed by atoms with Gasteiger partial charge in [-0.05, 0) is 64.7 Å². The van der Waals surface area contributed by atoms with Gasteiger partial charge >= 0.3 is 13.3 Å². The van der Waals surface area contributed by atoms with Crippen LogP contribution in [0.5, 0.6) is 5.75 Å². The second-order valence-corrected chi connectivity index (χ2v) is 8.21. The van der Waals surface area contributed by atoms with Crippen molar-refractivity contribution in [1.29, 1.82) is 0 Å². The molecule has 0 aromatic heterocycles. The molecule has 0 aliphatic carbocycles. The van der Waals surface area contributed by atoms with Gasteiger partial charge in [-0.3, -0.25) is 0 Å². The molecule has 0 amide bonds. The van der Waals surface area contributed by atoms with Crippen molar-refractivity contribution in [3.8, 4) is 5.75 Å². The summed E-state index contributed by atoms with van der Waals surface area (Å²) in [5, 5.41) is 0. The van der Waals surface area contributed by atoms with Gasteiger partial charge in [-0.1, -0.05) is 0 Å². The average molecular weight is 386 g/mol. The first-order valence-corrected chi connectivity index (χ1v) is 9.27. The van der Waals surface area contributed by atoms with E-state index in [1.54, 1.807) is 0 Å². The molecule has 0 radical (unpaired) electrons. The van der Waals surface area contributed by atoms with Crippen LogP contribution in [-0.4, -0.2) is 38.1 Å². The second-order valence-electron chi connectivity index (χ2n) is 8.21. The molecule has 2 aliphatic rings. The maximum atomic E-state index is 13.2. The maximum Gasteiger partial charge on any atom is 0.498 e. The Morgan fingerprint density at radius 2 is 1.67 bits per heavy atom. The normalized spacial score (nSPS) is 22.9. The SMILES string of the molecule is CC1(C)OB(c2cc(C(F)(F)F)ccc2OCC2CCOCC2)OC1(C)C. The van der Waals surface area contributed by atoms with Crippen molar-refractivity contribution >= 4 is 12.6 Å². The Hall–Kier alpha value is -1.25. The summed E-state index contributed by atoms with van der Waals surface area (Å²) in [5.74, 6) is 0.695. The fourth-order valence-electron chi connectivity index (χ4n) is 3.13. The van der Waals surface area contributed by atoms with Gasteiger partial charge in [-0.2, -0.15) is 13.2 Å². The summed E-state index contributed by atoms with van der Waals surface area (Å²) in [6, 6.07) is 3.47. The number of benzene rings is 1. The van der Waals surface area contributed by atoms with E-state index in [4.69, 9.17) is 18.8 Å². The Balaban J connectivity index is 1.86. The zero-order valence-corrected chi connectivity index (χ0v) is 16.2. The summed E-state index contributed by atoms with van der Waals surface area (Å²) >= 11 is 0. The summed E-state index contributed by atoms with van der Waals surface area (Å²) < 4.78 is 62.9. The largest absolute Gasteiger partial charge is 0.498 e. The Morgan fingerprint density at radius 3 is 2.22 bits per heavy atom. The Morgan fingerprint density at radius 1 is 1.07 bits per heavy atom. The van der Waals surface area contributed by atoms with Crippen molar-refractivity contribution in [1.82, 2.24) is 0 Å². The van der Waals surface area contributed by atoms with Crippen LogP contribution in [0.15, 0.2) is 18.2 Å². The lowest BCUT2D eigenvalue weighted by Gasteiger charge is -2.32. The van der Waals surface area contributed by atoms with Crippen LogP contribution in [0.2, 0.25) is 0 Å². The van der Waals surface area contributed by atoms with E-state index in [-0.39, 0.29) is 5.46 Å². The van der Waals surface area contributed by atoms with Crippen LogP contribution >= 0.6 is 0 Å². The van der Waals surface area contributed by atoms with Gasteiger partial charge in [0, 0.05) is 18.7 Å². The standard InChI is InChI=1S/C19H26BF3O4/c1-17(2)18(3,4)27-20(26-17)15-11-14(19(21,22)23)5-6-16(15)25-12-13-7-9-24-10-8-13/h5-6,11,13H,7-10,12H2,1-4H3. The molecule has 2 heterocycles. The third kappa shape index (κ3) is 4.44. The van der Waals surface area contributed by atoms with Crippen molar-refractivity contribution in [3.63, 3.8) is 0 Å². The van der Waals surface area contributed by atoms with Crippen LogP contribution in [0.1, 0.15) is 46.1 Å². The minimum Gasteiger partial charge on any atom is -0.494 e. The van der Waals surface area contributed by atoms with Crippen molar-refractivity contribution in [3.05, 3.63) is 23.8 Å². The predicted octanol–water partition coefficient (Wildman–Crippen LogP) is 3.81. The molecule has 2 saturated heterocycles. The van der Waals surface area contributed by atoms with E-state index < -0.39 is 30.1 Å². The summed E-state index contributed by atoms with van der Waals surface area (Å²) in [6.45, 7) is 9.26. The molecule has 0 bridgehead atoms. The van der Waals surface area contributed by atoms with E-state index in [0.717, 1.165) is 25.0 Å². The third-order valence-electron chi connectivity index (χ3n) is 5.66. The van der Waals surface area contributed by atoms with Crippen LogP contribution in [-0.2, 0) is 20.2 Å². The summed E-state index contributed by atoms with van der Waals surface area (Å²) in [4.78, 5) is 0. The summed E-state index contributed by atoms with van der Waals surface area (Å²) in [5.41, 5.74) is -1.77. The number of halogens is 3. The van der Waals surface area contributed by atoms with E-state index in [1.165, 1.54) is 6.07 Å². The highest BCUT2D eigenvalue weighted by molar-refractivity contribution is 6.63. The molecule has 27 heavy (non-hydrogen) atoms. The maximum absolute atomic E-state index is 13.2. The van der Waals surface area contributed by atoms with Crippen molar-refractivity contribution < 1.29 is 32.0 Å². The Kier molecular flexibility index (Phi) is 5.54. The van der Waals surface area contributed by atoms with Crippen LogP contribution in [0.25, 0.3) is 0 Å². The topological polar surface area (TPSA) is 36.9 Å². The van der Waals surface area contributed by atoms with E-state index >= 15 is 0 Å². The molecule has 4 nitrogen and oxygen atoms in total. The molecule has 3 rings (SSSR count). The summed E-state index contributed by atoms with van der Waals surface area (Å²) in [6.07, 6.45) is -2.68.